The molecule has 1 aliphatic heterocycles. The fourth-order valence-corrected chi connectivity index (χ4v) is 4.99. The number of carbonyl (C=O) groups is 1. The van der Waals surface area contributed by atoms with E-state index in [2.05, 4.69) is 20.2 Å². The van der Waals surface area contributed by atoms with Gasteiger partial charge in [-0.1, -0.05) is 41.0 Å². The highest BCUT2D eigenvalue weighted by Gasteiger charge is 2.47. The van der Waals surface area contributed by atoms with Crippen LogP contribution in [0.1, 0.15) is 12.0 Å². The fourth-order valence-electron chi connectivity index (χ4n) is 3.68. The number of primary sulfonamides is 1. The summed E-state index contributed by atoms with van der Waals surface area (Å²) in [7, 11) is -8.17. The minimum absolute atomic E-state index is 0.0783. The highest BCUT2D eigenvalue weighted by Crippen LogP contribution is 2.31. The van der Waals surface area contributed by atoms with Crippen LogP contribution in [0.15, 0.2) is 70.8 Å². The van der Waals surface area contributed by atoms with Crippen LogP contribution in [0, 0.1) is 0 Å². The number of benzene rings is 2. The van der Waals surface area contributed by atoms with Gasteiger partial charge in [-0.25, -0.2) is 23.7 Å². The summed E-state index contributed by atoms with van der Waals surface area (Å²) in [5.74, 6) is -0.686. The van der Waals surface area contributed by atoms with Crippen molar-refractivity contribution in [3.8, 4) is 11.1 Å². The molecule has 1 amide bonds. The molecule has 0 fully saturated rings. The molecule has 1 aromatic heterocycles. The molecule has 38 heavy (non-hydrogen) atoms. The number of amides is 1. The van der Waals surface area contributed by atoms with Gasteiger partial charge in [0.25, 0.3) is 16.1 Å². The van der Waals surface area contributed by atoms with Gasteiger partial charge in [0.05, 0.1) is 27.9 Å². The molecular weight excluding hydrogens is 558 g/mol. The molecule has 16 heteroatoms. The Morgan fingerprint density at radius 1 is 1.05 bits per heavy atom. The lowest BCUT2D eigenvalue weighted by atomic mass is 9.93. The van der Waals surface area contributed by atoms with Gasteiger partial charge in [-0.05, 0) is 30.3 Å². The minimum atomic E-state index is -4.18. The number of anilines is 2. The van der Waals surface area contributed by atoms with Crippen LogP contribution in [0.2, 0.25) is 5.02 Å². The Hall–Kier alpha value is -3.60. The molecule has 1 atom stereocenters. The maximum Gasteiger partial charge on any atom is 0.274 e. The third-order valence-corrected chi connectivity index (χ3v) is 7.46. The van der Waals surface area contributed by atoms with Gasteiger partial charge in [0.1, 0.15) is 5.82 Å². The van der Waals surface area contributed by atoms with Crippen molar-refractivity contribution >= 4 is 55.0 Å². The standard InChI is InChI=1S/C22H22ClN7O6S2/c23-16-7-5-13(9-17(16)24)18-10-22(36-30-18,12-28-38(26,34)35)21(31)29-20-8-6-14(11-27-20)15-3-1-2-4-19(15)37(25,32)33/h1-9,11,28H,10,12,24H2,(H2,25,32,33)(H2,26,34,35)(H,27,29,31)/t22-/m0/s1. The largest absolute Gasteiger partial charge is 0.398 e. The number of nitrogens with one attached hydrogen (secondary N) is 2. The van der Waals surface area contributed by atoms with E-state index in [1.165, 1.54) is 30.5 Å². The minimum Gasteiger partial charge on any atom is -0.398 e. The van der Waals surface area contributed by atoms with Crippen molar-refractivity contribution in [2.75, 3.05) is 17.6 Å². The molecule has 0 unspecified atom stereocenters. The number of rotatable bonds is 8. The van der Waals surface area contributed by atoms with E-state index in [1.54, 1.807) is 30.3 Å². The predicted octanol–water partition coefficient (Wildman–Crippen LogP) is 0.927. The number of nitrogens with zero attached hydrogens (tertiary/aromatic N) is 2. The van der Waals surface area contributed by atoms with Crippen molar-refractivity contribution in [1.82, 2.24) is 9.71 Å². The second-order valence-corrected chi connectivity index (χ2v) is 11.6. The Morgan fingerprint density at radius 3 is 2.39 bits per heavy atom. The van der Waals surface area contributed by atoms with E-state index >= 15 is 0 Å². The quantitative estimate of drug-likeness (QED) is 0.241. The van der Waals surface area contributed by atoms with Gasteiger partial charge in [-0.2, -0.15) is 13.1 Å². The van der Waals surface area contributed by atoms with Crippen molar-refractivity contribution in [3.05, 3.63) is 71.4 Å². The summed E-state index contributed by atoms with van der Waals surface area (Å²) in [6.07, 6.45) is 1.21. The second kappa shape index (κ2) is 10.3. The highest BCUT2D eigenvalue weighted by atomic mass is 35.5. The second-order valence-electron chi connectivity index (χ2n) is 8.33. The smallest absolute Gasteiger partial charge is 0.274 e. The normalized spacial score (nSPS) is 17.5. The number of oxime groups is 1. The van der Waals surface area contributed by atoms with Crippen LogP contribution in [0.25, 0.3) is 11.1 Å². The topological polar surface area (TPSA) is 222 Å². The zero-order valence-electron chi connectivity index (χ0n) is 19.5. The van der Waals surface area contributed by atoms with E-state index in [1.807, 2.05) is 0 Å². The van der Waals surface area contributed by atoms with Gasteiger partial charge in [-0.3, -0.25) is 4.79 Å². The molecule has 200 valence electrons. The monoisotopic (exact) mass is 579 g/mol. The highest BCUT2D eigenvalue weighted by molar-refractivity contribution is 7.89. The fraction of sp³-hybridized carbons (Fsp3) is 0.136. The van der Waals surface area contributed by atoms with Crippen LogP contribution in [-0.2, 0) is 29.9 Å². The molecule has 13 nitrogen and oxygen atoms in total. The molecule has 2 heterocycles. The number of nitrogens with two attached hydrogens (primary N) is 3. The van der Waals surface area contributed by atoms with Gasteiger partial charge in [0.2, 0.25) is 15.6 Å². The van der Waals surface area contributed by atoms with Gasteiger partial charge in [0.15, 0.2) is 0 Å². The summed E-state index contributed by atoms with van der Waals surface area (Å²) >= 11 is 5.97. The number of halogens is 1. The summed E-state index contributed by atoms with van der Waals surface area (Å²) in [6.45, 7) is -0.534. The zero-order valence-corrected chi connectivity index (χ0v) is 21.8. The average Bonchev–Trinajstić information content (AvgIpc) is 3.30. The summed E-state index contributed by atoms with van der Waals surface area (Å²) in [5.41, 5.74) is 5.93. The van der Waals surface area contributed by atoms with Crippen molar-refractivity contribution < 1.29 is 26.5 Å². The van der Waals surface area contributed by atoms with E-state index in [0.29, 0.717) is 27.4 Å². The maximum absolute atomic E-state index is 13.3. The Bertz CT molecular complexity index is 1650. The lowest BCUT2D eigenvalue weighted by Crippen LogP contribution is -2.53. The molecule has 0 radical (unpaired) electrons. The molecule has 0 spiro atoms. The number of pyridine rings is 1. The van der Waals surface area contributed by atoms with Crippen LogP contribution in [0.3, 0.4) is 0 Å². The zero-order chi connectivity index (χ0) is 27.7. The summed E-state index contributed by atoms with van der Waals surface area (Å²) in [4.78, 5) is 22.9. The number of carbonyl (C=O) groups excluding carboxylic acids is 1. The number of sulfonamides is 1. The van der Waals surface area contributed by atoms with Gasteiger partial charge in [-0.15, -0.1) is 0 Å². The maximum atomic E-state index is 13.3. The number of nitrogen functional groups attached to an aromatic ring is 1. The molecule has 3 aromatic rings. The SMILES string of the molecule is Nc1cc(C2=NO[C@@](CNS(N)(=O)=O)(C(=O)Nc3ccc(-c4ccccc4S(N)(=O)=O)cn3)C2)ccc1Cl. The number of aromatic nitrogens is 1. The lowest BCUT2D eigenvalue weighted by Gasteiger charge is -2.25. The van der Waals surface area contributed by atoms with Gasteiger partial charge >= 0.3 is 0 Å². The van der Waals surface area contributed by atoms with Crippen molar-refractivity contribution in [2.24, 2.45) is 15.4 Å². The van der Waals surface area contributed by atoms with Crippen LogP contribution in [-0.4, -0.2) is 45.6 Å². The van der Waals surface area contributed by atoms with Crippen LogP contribution >= 0.6 is 11.6 Å². The summed E-state index contributed by atoms with van der Waals surface area (Å²) in [6, 6.07) is 13.8. The van der Waals surface area contributed by atoms with Crippen molar-refractivity contribution in [1.29, 1.82) is 0 Å². The Kier molecular flexibility index (Phi) is 7.42. The first-order valence-corrected chi connectivity index (χ1v) is 14.2. The summed E-state index contributed by atoms with van der Waals surface area (Å²) < 4.78 is 49.0. The lowest BCUT2D eigenvalue weighted by molar-refractivity contribution is -0.137. The summed E-state index contributed by atoms with van der Waals surface area (Å²) in [5, 5.41) is 17.2. The van der Waals surface area contributed by atoms with E-state index in [4.69, 9.17) is 32.5 Å². The van der Waals surface area contributed by atoms with Crippen LogP contribution in [0.4, 0.5) is 11.5 Å². The molecule has 0 aliphatic carbocycles. The molecule has 0 bridgehead atoms. The van der Waals surface area contributed by atoms with E-state index in [0.717, 1.165) is 0 Å². The number of hydrogen-bond acceptors (Lipinski definition) is 9. The van der Waals surface area contributed by atoms with E-state index in [-0.39, 0.29) is 22.8 Å². The third kappa shape index (κ3) is 6.09. The molecule has 1 aliphatic rings. The van der Waals surface area contributed by atoms with E-state index in [9.17, 15) is 21.6 Å². The molecular formula is C22H22ClN7O6S2. The Balaban J connectivity index is 1.58. The van der Waals surface area contributed by atoms with Gasteiger partial charge < -0.3 is 15.9 Å². The van der Waals surface area contributed by atoms with Crippen LogP contribution in [0.5, 0.6) is 0 Å². The predicted molar refractivity (Wildman–Crippen MR) is 142 cm³/mol. The first kappa shape index (κ1) is 27.4. The van der Waals surface area contributed by atoms with Crippen LogP contribution < -0.4 is 26.1 Å². The van der Waals surface area contributed by atoms with Crippen molar-refractivity contribution in [3.63, 3.8) is 0 Å². The molecule has 0 saturated heterocycles. The third-order valence-electron chi connectivity index (χ3n) is 5.60. The first-order chi connectivity index (χ1) is 17.8. The molecule has 8 N–H and O–H groups in total. The first-order valence-electron chi connectivity index (χ1n) is 10.7. The van der Waals surface area contributed by atoms with E-state index < -0.39 is 38.3 Å². The average molecular weight is 580 g/mol. The van der Waals surface area contributed by atoms with Crippen molar-refractivity contribution in [2.45, 2.75) is 16.9 Å². The molecule has 0 saturated carbocycles. The molecule has 2 aromatic carbocycles. The van der Waals surface area contributed by atoms with Gasteiger partial charge in [0, 0.05) is 29.3 Å². The molecule has 4 rings (SSSR count). The Labute approximate surface area is 223 Å². The number of hydrogen-bond donors (Lipinski definition) is 5. The Morgan fingerprint density at radius 2 is 1.76 bits per heavy atom.